The summed E-state index contributed by atoms with van der Waals surface area (Å²) >= 11 is 0. The first-order valence-corrected chi connectivity index (χ1v) is 6.63. The van der Waals surface area contributed by atoms with Crippen LogP contribution in [0.25, 0.3) is 11.2 Å². The van der Waals surface area contributed by atoms with Crippen molar-refractivity contribution in [3.05, 3.63) is 25.3 Å². The van der Waals surface area contributed by atoms with Gasteiger partial charge in [0.2, 0.25) is 0 Å². The second-order valence-corrected chi connectivity index (χ2v) is 5.10. The molecule has 8 heteroatoms. The van der Waals surface area contributed by atoms with Gasteiger partial charge in [-0.2, -0.15) is 0 Å². The Labute approximate surface area is 120 Å². The zero-order chi connectivity index (χ0) is 15.0. The Hall–Kier alpha value is -2.03. The fraction of sp³-hybridized carbons (Fsp3) is 0.462. The first-order chi connectivity index (χ1) is 10.1. The quantitative estimate of drug-likeness (QED) is 0.666. The smallest absolute Gasteiger partial charge is 0.167 e. The number of hydrogen-bond donors (Lipinski definition) is 3. The van der Waals surface area contributed by atoms with Crippen molar-refractivity contribution in [1.29, 1.82) is 0 Å². The van der Waals surface area contributed by atoms with Crippen molar-refractivity contribution in [2.45, 2.75) is 30.8 Å². The maximum atomic E-state index is 10.1. The second-order valence-electron chi connectivity index (χ2n) is 5.10. The number of aliphatic hydroxyl groups excluding tert-OH is 2. The lowest BCUT2D eigenvalue weighted by Gasteiger charge is -2.29. The standard InChI is InChI=1S/C13H17N5O3/c1-2-3-13(4-8(20)9(5-19)21-13)18-7-17-10-11(14)15-6-16-12(10)18/h2,6-9,19-20H,1,3-5H2,(H2,14,15,16)/t8-,9+,13+/m0/s1. The molecule has 0 aromatic carbocycles. The molecule has 3 atom stereocenters. The number of nitrogen functional groups attached to an aromatic ring is 1. The first kappa shape index (κ1) is 13.9. The van der Waals surface area contributed by atoms with Gasteiger partial charge in [-0.1, -0.05) is 6.08 Å². The van der Waals surface area contributed by atoms with E-state index in [0.717, 1.165) is 0 Å². The van der Waals surface area contributed by atoms with Crippen LogP contribution in [0.15, 0.2) is 25.3 Å². The summed E-state index contributed by atoms with van der Waals surface area (Å²) in [5.41, 5.74) is 5.91. The van der Waals surface area contributed by atoms with Crippen LogP contribution < -0.4 is 5.73 Å². The van der Waals surface area contributed by atoms with Crippen LogP contribution in [0.5, 0.6) is 0 Å². The highest BCUT2D eigenvalue weighted by molar-refractivity contribution is 5.81. The van der Waals surface area contributed by atoms with E-state index in [1.54, 1.807) is 17.0 Å². The number of aromatic nitrogens is 4. The van der Waals surface area contributed by atoms with Crippen molar-refractivity contribution in [3.63, 3.8) is 0 Å². The van der Waals surface area contributed by atoms with Crippen LogP contribution in [0, 0.1) is 0 Å². The SMILES string of the molecule is C=CC[C@]1(n2cnc3c(N)ncnc32)C[C@H](O)[C@@H](CO)O1. The summed E-state index contributed by atoms with van der Waals surface area (Å²) in [6.07, 6.45) is 3.93. The summed E-state index contributed by atoms with van der Waals surface area (Å²) < 4.78 is 7.62. The average molecular weight is 291 g/mol. The molecule has 0 aliphatic carbocycles. The van der Waals surface area contributed by atoms with Crippen LogP contribution in [0.1, 0.15) is 12.8 Å². The lowest BCUT2D eigenvalue weighted by molar-refractivity contribution is -0.113. The molecule has 8 nitrogen and oxygen atoms in total. The maximum absolute atomic E-state index is 10.1. The third-order valence-electron chi connectivity index (χ3n) is 3.77. The van der Waals surface area contributed by atoms with Crippen LogP contribution in [0.4, 0.5) is 5.82 Å². The van der Waals surface area contributed by atoms with E-state index >= 15 is 0 Å². The maximum Gasteiger partial charge on any atom is 0.167 e. The largest absolute Gasteiger partial charge is 0.394 e. The second kappa shape index (κ2) is 5.06. The molecule has 21 heavy (non-hydrogen) atoms. The molecule has 0 saturated carbocycles. The van der Waals surface area contributed by atoms with Crippen molar-refractivity contribution in [1.82, 2.24) is 19.5 Å². The average Bonchev–Trinajstić information content (AvgIpc) is 3.02. The summed E-state index contributed by atoms with van der Waals surface area (Å²) in [6.45, 7) is 3.48. The summed E-state index contributed by atoms with van der Waals surface area (Å²) in [6, 6.07) is 0. The minimum absolute atomic E-state index is 0.260. The molecule has 0 amide bonds. The fourth-order valence-corrected chi connectivity index (χ4v) is 2.79. The highest BCUT2D eigenvalue weighted by Gasteiger charge is 2.47. The molecular weight excluding hydrogens is 274 g/mol. The number of hydrogen-bond acceptors (Lipinski definition) is 7. The molecule has 0 unspecified atom stereocenters. The molecule has 2 aromatic rings. The van der Waals surface area contributed by atoms with E-state index in [0.29, 0.717) is 24.0 Å². The number of imidazole rings is 1. The highest BCUT2D eigenvalue weighted by Crippen LogP contribution is 2.40. The van der Waals surface area contributed by atoms with Gasteiger partial charge in [-0.05, 0) is 0 Å². The number of ether oxygens (including phenoxy) is 1. The predicted molar refractivity (Wildman–Crippen MR) is 75.1 cm³/mol. The van der Waals surface area contributed by atoms with E-state index in [4.69, 9.17) is 10.5 Å². The molecule has 1 saturated heterocycles. The molecule has 112 valence electrons. The number of rotatable bonds is 4. The molecule has 1 aliphatic rings. The number of aliphatic hydroxyl groups is 2. The van der Waals surface area contributed by atoms with Crippen LogP contribution in [-0.4, -0.2) is 48.5 Å². The third kappa shape index (κ3) is 2.08. The summed E-state index contributed by atoms with van der Waals surface area (Å²) in [5.74, 6) is 0.282. The molecule has 1 aliphatic heterocycles. The van der Waals surface area contributed by atoms with Gasteiger partial charge in [0.05, 0.1) is 19.0 Å². The zero-order valence-corrected chi connectivity index (χ0v) is 11.4. The molecule has 0 bridgehead atoms. The minimum atomic E-state index is -0.885. The summed E-state index contributed by atoms with van der Waals surface area (Å²) in [5, 5.41) is 19.4. The van der Waals surface area contributed by atoms with E-state index in [1.807, 2.05) is 0 Å². The normalized spacial score (nSPS) is 29.0. The molecule has 2 aromatic heterocycles. The van der Waals surface area contributed by atoms with Gasteiger partial charge >= 0.3 is 0 Å². The molecule has 0 radical (unpaired) electrons. The van der Waals surface area contributed by atoms with Crippen molar-refractivity contribution >= 4 is 17.0 Å². The van der Waals surface area contributed by atoms with E-state index in [1.165, 1.54) is 6.33 Å². The van der Waals surface area contributed by atoms with Gasteiger partial charge in [0.15, 0.2) is 17.2 Å². The Morgan fingerprint density at radius 2 is 2.33 bits per heavy atom. The first-order valence-electron chi connectivity index (χ1n) is 6.63. The Morgan fingerprint density at radius 3 is 3.00 bits per heavy atom. The molecule has 4 N–H and O–H groups in total. The Bertz CT molecular complexity index is 673. The highest BCUT2D eigenvalue weighted by atomic mass is 16.6. The molecule has 3 heterocycles. The van der Waals surface area contributed by atoms with Crippen LogP contribution >= 0.6 is 0 Å². The number of fused-ring (bicyclic) bond motifs is 1. The van der Waals surface area contributed by atoms with E-state index in [9.17, 15) is 10.2 Å². The van der Waals surface area contributed by atoms with Gasteiger partial charge in [-0.15, -0.1) is 6.58 Å². The van der Waals surface area contributed by atoms with Crippen molar-refractivity contribution in [2.75, 3.05) is 12.3 Å². The fourth-order valence-electron chi connectivity index (χ4n) is 2.79. The topological polar surface area (TPSA) is 119 Å². The van der Waals surface area contributed by atoms with E-state index < -0.39 is 17.9 Å². The predicted octanol–water partition coefficient (Wildman–Crippen LogP) is -0.221. The van der Waals surface area contributed by atoms with Gasteiger partial charge < -0.3 is 20.7 Å². The van der Waals surface area contributed by atoms with Gasteiger partial charge in [0.25, 0.3) is 0 Å². The summed E-state index contributed by atoms with van der Waals surface area (Å²) in [7, 11) is 0. The van der Waals surface area contributed by atoms with Crippen LogP contribution in [-0.2, 0) is 10.5 Å². The molecule has 1 fully saturated rings. The van der Waals surface area contributed by atoms with E-state index in [2.05, 4.69) is 21.5 Å². The van der Waals surface area contributed by atoms with Gasteiger partial charge in [0, 0.05) is 12.8 Å². The third-order valence-corrected chi connectivity index (χ3v) is 3.77. The van der Waals surface area contributed by atoms with Crippen molar-refractivity contribution in [3.8, 4) is 0 Å². The Kier molecular flexibility index (Phi) is 3.36. The minimum Gasteiger partial charge on any atom is -0.394 e. The van der Waals surface area contributed by atoms with Gasteiger partial charge in [-0.3, -0.25) is 4.57 Å². The summed E-state index contributed by atoms with van der Waals surface area (Å²) in [4.78, 5) is 12.3. The molecular formula is C13H17N5O3. The van der Waals surface area contributed by atoms with Crippen molar-refractivity contribution in [2.24, 2.45) is 0 Å². The number of nitrogens with two attached hydrogens (primary N) is 1. The number of nitrogens with zero attached hydrogens (tertiary/aromatic N) is 4. The van der Waals surface area contributed by atoms with Crippen LogP contribution in [0.2, 0.25) is 0 Å². The Balaban J connectivity index is 2.13. The van der Waals surface area contributed by atoms with Gasteiger partial charge in [-0.25, -0.2) is 15.0 Å². The zero-order valence-electron chi connectivity index (χ0n) is 11.4. The lowest BCUT2D eigenvalue weighted by Crippen LogP contribution is -2.33. The van der Waals surface area contributed by atoms with Crippen molar-refractivity contribution < 1.29 is 14.9 Å². The van der Waals surface area contributed by atoms with Crippen LogP contribution in [0.3, 0.4) is 0 Å². The molecule has 0 spiro atoms. The monoisotopic (exact) mass is 291 g/mol. The van der Waals surface area contributed by atoms with Gasteiger partial charge in [0.1, 0.15) is 17.9 Å². The lowest BCUT2D eigenvalue weighted by atomic mass is 10.0. The van der Waals surface area contributed by atoms with E-state index in [-0.39, 0.29) is 12.4 Å². The molecule has 3 rings (SSSR count). The Morgan fingerprint density at radius 1 is 1.52 bits per heavy atom. The number of anilines is 1.